The number of amides is 3. The topological polar surface area (TPSA) is 83.7 Å². The van der Waals surface area contributed by atoms with E-state index in [9.17, 15) is 14.4 Å². The van der Waals surface area contributed by atoms with Crippen LogP contribution in [0.3, 0.4) is 0 Å². The van der Waals surface area contributed by atoms with E-state index >= 15 is 0 Å². The molecule has 2 N–H and O–H groups in total. The molecule has 2 fully saturated rings. The Morgan fingerprint density at radius 3 is 2.25 bits per heavy atom. The van der Waals surface area contributed by atoms with Crippen LogP contribution in [0.1, 0.15) is 64.0 Å². The maximum absolute atomic E-state index is 13.8. The summed E-state index contributed by atoms with van der Waals surface area (Å²) in [5.41, 5.74) is 7.29. The molecule has 2 atom stereocenters. The van der Waals surface area contributed by atoms with E-state index in [0.29, 0.717) is 25.7 Å². The number of benzene rings is 1. The lowest BCUT2D eigenvalue weighted by Gasteiger charge is -2.61. The summed E-state index contributed by atoms with van der Waals surface area (Å²) < 4.78 is 0. The Labute approximate surface area is 191 Å². The van der Waals surface area contributed by atoms with E-state index in [2.05, 4.69) is 49.9 Å². The summed E-state index contributed by atoms with van der Waals surface area (Å²) in [6.45, 7) is 7.73. The Kier molecular flexibility index (Phi) is 5.42. The molecule has 0 spiro atoms. The van der Waals surface area contributed by atoms with Gasteiger partial charge in [0, 0.05) is 38.0 Å². The predicted molar refractivity (Wildman–Crippen MR) is 124 cm³/mol. The molecule has 1 aromatic carbocycles. The van der Waals surface area contributed by atoms with Crippen LogP contribution in [0.4, 0.5) is 0 Å². The molecule has 0 aromatic heterocycles. The van der Waals surface area contributed by atoms with Crippen LogP contribution in [0.15, 0.2) is 24.3 Å². The number of nitrogens with two attached hydrogens (primary N) is 1. The van der Waals surface area contributed by atoms with Crippen LogP contribution in [0.5, 0.6) is 0 Å². The Bertz CT molecular complexity index is 945. The van der Waals surface area contributed by atoms with Crippen molar-refractivity contribution >= 4 is 17.7 Å². The molecule has 2 aliphatic carbocycles. The van der Waals surface area contributed by atoms with Gasteiger partial charge in [-0.1, -0.05) is 45.0 Å². The molecule has 6 heteroatoms. The van der Waals surface area contributed by atoms with Gasteiger partial charge in [-0.05, 0) is 55.1 Å². The first-order valence-electron chi connectivity index (χ1n) is 11.9. The number of primary amides is 1. The van der Waals surface area contributed by atoms with E-state index in [1.807, 2.05) is 0 Å². The van der Waals surface area contributed by atoms with Gasteiger partial charge in [-0.15, -0.1) is 0 Å². The molecule has 1 heterocycles. The number of rotatable bonds is 3. The average Bonchev–Trinajstić information content (AvgIpc) is 2.75. The fourth-order valence-corrected chi connectivity index (χ4v) is 6.72. The van der Waals surface area contributed by atoms with E-state index < -0.39 is 11.3 Å². The van der Waals surface area contributed by atoms with E-state index in [1.165, 1.54) is 16.0 Å². The van der Waals surface area contributed by atoms with Crippen LogP contribution in [-0.4, -0.2) is 54.2 Å². The largest absolute Gasteiger partial charge is 0.369 e. The summed E-state index contributed by atoms with van der Waals surface area (Å²) in [5.74, 6) is -0.787. The van der Waals surface area contributed by atoms with Crippen LogP contribution in [0, 0.1) is 16.7 Å². The Hall–Kier alpha value is -2.37. The number of likely N-dealkylation sites (tertiary alicyclic amines) is 1. The molecule has 3 amide bonds. The molecular formula is C26H37N3O3. The van der Waals surface area contributed by atoms with Crippen molar-refractivity contribution in [2.45, 2.75) is 70.8 Å². The second kappa shape index (κ2) is 7.60. The molecule has 1 saturated carbocycles. The lowest BCUT2D eigenvalue weighted by atomic mass is 9.51. The second-order valence-corrected chi connectivity index (χ2v) is 11.1. The summed E-state index contributed by atoms with van der Waals surface area (Å²) in [4.78, 5) is 42.3. The highest BCUT2D eigenvalue weighted by Gasteiger charge is 2.57. The molecule has 6 nitrogen and oxygen atoms in total. The molecular weight excluding hydrogens is 402 g/mol. The molecule has 32 heavy (non-hydrogen) atoms. The van der Waals surface area contributed by atoms with E-state index in [-0.39, 0.29) is 34.6 Å². The Balaban J connectivity index is 1.56. The highest BCUT2D eigenvalue weighted by molar-refractivity contribution is 6.04. The standard InChI is InChI=1S/C26H37N3O3/c1-24(2)20-16-18-8-6-7-9-19(18)25(24,3)14-15-29(20)21(30)17-10-12-26(13-11-17,22(27)31)23(32)28(4)5/h6-9,17,20H,10-16H2,1-5H3,(H2,27,31)/t17-,20-,25+,26-/m1/s1. The minimum Gasteiger partial charge on any atom is -0.369 e. The van der Waals surface area contributed by atoms with Crippen LogP contribution < -0.4 is 5.73 Å². The normalized spacial score (nSPS) is 33.2. The van der Waals surface area contributed by atoms with Crippen molar-refractivity contribution in [3.05, 3.63) is 35.4 Å². The number of carbonyl (C=O) groups is 3. The highest BCUT2D eigenvalue weighted by atomic mass is 16.2. The summed E-state index contributed by atoms with van der Waals surface area (Å²) in [6, 6.07) is 8.83. The third kappa shape index (κ3) is 3.09. The molecule has 3 aliphatic rings. The van der Waals surface area contributed by atoms with E-state index in [4.69, 9.17) is 5.73 Å². The highest BCUT2D eigenvalue weighted by Crippen LogP contribution is 2.56. The zero-order valence-corrected chi connectivity index (χ0v) is 20.1. The average molecular weight is 440 g/mol. The number of hydrogen-bond acceptors (Lipinski definition) is 3. The first-order chi connectivity index (χ1) is 15.0. The molecule has 1 saturated heterocycles. The van der Waals surface area contributed by atoms with Crippen LogP contribution in [-0.2, 0) is 26.2 Å². The van der Waals surface area contributed by atoms with Gasteiger partial charge in [0.05, 0.1) is 0 Å². The van der Waals surface area contributed by atoms with E-state index in [0.717, 1.165) is 19.4 Å². The van der Waals surface area contributed by atoms with Crippen LogP contribution in [0.2, 0.25) is 0 Å². The maximum Gasteiger partial charge on any atom is 0.237 e. The zero-order valence-electron chi connectivity index (χ0n) is 20.1. The third-order valence-corrected chi connectivity index (χ3v) is 9.27. The fourth-order valence-electron chi connectivity index (χ4n) is 6.72. The lowest BCUT2D eigenvalue weighted by Crippen LogP contribution is -2.65. The van der Waals surface area contributed by atoms with Crippen molar-refractivity contribution in [3.8, 4) is 0 Å². The maximum atomic E-state index is 13.8. The third-order valence-electron chi connectivity index (χ3n) is 9.27. The van der Waals surface area contributed by atoms with Crippen molar-refractivity contribution in [1.29, 1.82) is 0 Å². The van der Waals surface area contributed by atoms with Gasteiger partial charge in [0.1, 0.15) is 5.41 Å². The zero-order chi connectivity index (χ0) is 23.5. The number of fused-ring (bicyclic) bond motifs is 4. The molecule has 174 valence electrons. The minimum atomic E-state index is -1.18. The fraction of sp³-hybridized carbons (Fsp3) is 0.654. The molecule has 1 aliphatic heterocycles. The molecule has 2 bridgehead atoms. The van der Waals surface area contributed by atoms with Gasteiger partial charge in [-0.3, -0.25) is 14.4 Å². The molecule has 0 unspecified atom stereocenters. The number of piperidine rings is 1. The van der Waals surface area contributed by atoms with Crippen LogP contribution in [0.25, 0.3) is 0 Å². The van der Waals surface area contributed by atoms with Gasteiger partial charge in [-0.25, -0.2) is 0 Å². The summed E-state index contributed by atoms with van der Waals surface area (Å²) >= 11 is 0. The van der Waals surface area contributed by atoms with Crippen molar-refractivity contribution in [3.63, 3.8) is 0 Å². The quantitative estimate of drug-likeness (QED) is 0.735. The van der Waals surface area contributed by atoms with Crippen molar-refractivity contribution < 1.29 is 14.4 Å². The van der Waals surface area contributed by atoms with Gasteiger partial charge in [0.15, 0.2) is 0 Å². The first-order valence-corrected chi connectivity index (χ1v) is 11.9. The van der Waals surface area contributed by atoms with Gasteiger partial charge in [0.2, 0.25) is 17.7 Å². The predicted octanol–water partition coefficient (Wildman–Crippen LogP) is 2.88. The lowest BCUT2D eigenvalue weighted by molar-refractivity contribution is -0.157. The molecule has 4 rings (SSSR count). The van der Waals surface area contributed by atoms with E-state index in [1.54, 1.807) is 14.1 Å². The number of hydrogen-bond donors (Lipinski definition) is 1. The van der Waals surface area contributed by atoms with Crippen molar-refractivity contribution in [2.24, 2.45) is 22.5 Å². The molecule has 1 aromatic rings. The van der Waals surface area contributed by atoms with Gasteiger partial charge >= 0.3 is 0 Å². The van der Waals surface area contributed by atoms with Crippen molar-refractivity contribution in [1.82, 2.24) is 9.80 Å². The first kappa shape index (κ1) is 22.8. The number of nitrogens with zero attached hydrogens (tertiary/aromatic N) is 2. The van der Waals surface area contributed by atoms with Gasteiger partial charge < -0.3 is 15.5 Å². The SMILES string of the molecule is CN(C)C(=O)[C@]1(C(N)=O)CC[C@@H](C(=O)N2CC[C@@]3(C)c4ccccc4C[C@@H]2C3(C)C)CC1. The van der Waals surface area contributed by atoms with Gasteiger partial charge in [-0.2, -0.15) is 0 Å². The second-order valence-electron chi connectivity index (χ2n) is 11.1. The van der Waals surface area contributed by atoms with Crippen molar-refractivity contribution in [2.75, 3.05) is 20.6 Å². The number of carbonyl (C=O) groups excluding carboxylic acids is 3. The van der Waals surface area contributed by atoms with Gasteiger partial charge in [0.25, 0.3) is 0 Å². The smallest absolute Gasteiger partial charge is 0.237 e. The molecule has 0 radical (unpaired) electrons. The Morgan fingerprint density at radius 1 is 1.03 bits per heavy atom. The van der Waals surface area contributed by atoms with Crippen LogP contribution >= 0.6 is 0 Å². The summed E-state index contributed by atoms with van der Waals surface area (Å²) in [6.07, 6.45) is 3.56. The minimum absolute atomic E-state index is 0.0368. The summed E-state index contributed by atoms with van der Waals surface area (Å²) in [7, 11) is 3.30. The Morgan fingerprint density at radius 2 is 1.66 bits per heavy atom. The monoisotopic (exact) mass is 439 g/mol. The summed E-state index contributed by atoms with van der Waals surface area (Å²) in [5, 5.41) is 0.